The van der Waals surface area contributed by atoms with Crippen LogP contribution < -0.4 is 0 Å². The van der Waals surface area contributed by atoms with Crippen LogP contribution in [0.4, 0.5) is 0 Å². The van der Waals surface area contributed by atoms with Gasteiger partial charge in [-0.05, 0) is 18.9 Å². The average Bonchev–Trinajstić information content (AvgIpc) is 2.86. The smallest absolute Gasteiger partial charge is 0.260 e. The van der Waals surface area contributed by atoms with Crippen molar-refractivity contribution in [2.75, 3.05) is 11.9 Å². The first-order valence-corrected chi connectivity index (χ1v) is 7.29. The van der Waals surface area contributed by atoms with Crippen LogP contribution in [0.1, 0.15) is 12.8 Å². The monoisotopic (exact) mass is 293 g/mol. The van der Waals surface area contributed by atoms with Gasteiger partial charge < -0.3 is 0 Å². The van der Waals surface area contributed by atoms with Crippen molar-refractivity contribution in [3.05, 3.63) is 12.3 Å². The fourth-order valence-corrected chi connectivity index (χ4v) is 3.66. The van der Waals surface area contributed by atoms with E-state index in [1.165, 1.54) is 16.6 Å². The minimum absolute atomic E-state index is 0.176. The minimum atomic E-state index is -3.37. The zero-order valence-corrected chi connectivity index (χ0v) is 10.5. The highest BCUT2D eigenvalue weighted by Crippen LogP contribution is 2.31. The lowest BCUT2D eigenvalue weighted by Gasteiger charge is -2.19. The van der Waals surface area contributed by atoms with Crippen molar-refractivity contribution < 1.29 is 8.42 Å². The van der Waals surface area contributed by atoms with E-state index in [1.54, 1.807) is 0 Å². The Morgan fingerprint density at radius 2 is 2.33 bits per heavy atom. The van der Waals surface area contributed by atoms with Crippen LogP contribution in [0.5, 0.6) is 0 Å². The van der Waals surface area contributed by atoms with Crippen LogP contribution in [-0.4, -0.2) is 40.8 Å². The van der Waals surface area contributed by atoms with E-state index < -0.39 is 10.0 Å². The summed E-state index contributed by atoms with van der Waals surface area (Å²) in [5, 5.41) is 7.00. The second-order valence-electron chi connectivity index (χ2n) is 3.46. The van der Waals surface area contributed by atoms with Gasteiger partial charge in [0, 0.05) is 17.9 Å². The van der Waals surface area contributed by atoms with E-state index in [1.807, 2.05) is 0 Å². The summed E-state index contributed by atoms with van der Waals surface area (Å²) >= 11 is 3.27. The number of rotatable bonds is 5. The number of nitrogens with one attached hydrogen (secondary N) is 1. The minimum Gasteiger partial charge on any atom is -0.266 e. The molecular weight excluding hydrogens is 282 g/mol. The molecular formula is C8H12BrN3O2S. The van der Waals surface area contributed by atoms with Gasteiger partial charge in [-0.1, -0.05) is 15.9 Å². The molecule has 0 spiro atoms. The van der Waals surface area contributed by atoms with Gasteiger partial charge in [-0.2, -0.15) is 9.40 Å². The highest BCUT2D eigenvalue weighted by Gasteiger charge is 2.38. The van der Waals surface area contributed by atoms with Crippen molar-refractivity contribution in [3.63, 3.8) is 0 Å². The SMILES string of the molecule is O=S(=O)(c1ccn[nH]1)N(CCBr)C1CC1. The number of aromatic nitrogens is 2. The predicted molar refractivity (Wildman–Crippen MR) is 59.3 cm³/mol. The maximum absolute atomic E-state index is 12.1. The molecule has 1 fully saturated rings. The Morgan fingerprint density at radius 3 is 2.80 bits per heavy atom. The summed E-state index contributed by atoms with van der Waals surface area (Å²) in [7, 11) is -3.37. The van der Waals surface area contributed by atoms with Gasteiger partial charge in [0.15, 0.2) is 5.03 Å². The standard InChI is InChI=1S/C8H12BrN3O2S/c9-4-6-12(7-1-2-7)15(13,14)8-3-5-10-11-8/h3,5,7H,1-2,4,6H2,(H,10,11). The molecule has 0 atom stereocenters. The Bertz CT molecular complexity index is 413. The first-order chi connectivity index (χ1) is 7.16. The Balaban J connectivity index is 2.26. The van der Waals surface area contributed by atoms with Crippen molar-refractivity contribution in [1.29, 1.82) is 0 Å². The van der Waals surface area contributed by atoms with Gasteiger partial charge in [0.05, 0.1) is 6.20 Å². The number of alkyl halides is 1. The lowest BCUT2D eigenvalue weighted by atomic mass is 10.6. The number of hydrogen-bond donors (Lipinski definition) is 1. The third kappa shape index (κ3) is 2.24. The Hall–Kier alpha value is -0.400. The number of hydrogen-bond acceptors (Lipinski definition) is 3. The summed E-state index contributed by atoms with van der Waals surface area (Å²) < 4.78 is 25.7. The number of nitrogens with zero attached hydrogens (tertiary/aromatic N) is 2. The van der Waals surface area contributed by atoms with Gasteiger partial charge in [0.25, 0.3) is 10.0 Å². The van der Waals surface area contributed by atoms with E-state index in [9.17, 15) is 8.42 Å². The summed E-state index contributed by atoms with van der Waals surface area (Å²) in [4.78, 5) is 0. The Labute approximate surface area is 97.0 Å². The molecule has 5 nitrogen and oxygen atoms in total. The zero-order valence-electron chi connectivity index (χ0n) is 8.06. The van der Waals surface area contributed by atoms with Gasteiger partial charge >= 0.3 is 0 Å². The average molecular weight is 294 g/mol. The summed E-state index contributed by atoms with van der Waals surface area (Å²) in [6.07, 6.45) is 3.37. The van der Waals surface area contributed by atoms with Gasteiger partial charge in [0.1, 0.15) is 0 Å². The van der Waals surface area contributed by atoms with Crippen LogP contribution in [0, 0.1) is 0 Å². The number of aromatic amines is 1. The molecule has 7 heteroatoms. The van der Waals surface area contributed by atoms with Crippen LogP contribution in [0.15, 0.2) is 17.3 Å². The summed E-state index contributed by atoms with van der Waals surface area (Å²) in [5.74, 6) is 0. The van der Waals surface area contributed by atoms with Crippen LogP contribution in [0.25, 0.3) is 0 Å². The number of sulfonamides is 1. The maximum atomic E-state index is 12.1. The number of halogens is 1. The van der Waals surface area contributed by atoms with Crippen LogP contribution >= 0.6 is 15.9 Å². The molecule has 2 rings (SSSR count). The second kappa shape index (κ2) is 4.23. The fourth-order valence-electron chi connectivity index (χ4n) is 1.46. The molecule has 1 aromatic heterocycles. The quantitative estimate of drug-likeness (QED) is 0.823. The van der Waals surface area contributed by atoms with E-state index in [-0.39, 0.29) is 11.1 Å². The molecule has 15 heavy (non-hydrogen) atoms. The molecule has 0 saturated heterocycles. The molecule has 1 saturated carbocycles. The largest absolute Gasteiger partial charge is 0.266 e. The molecule has 1 aliphatic rings. The van der Waals surface area contributed by atoms with Gasteiger partial charge in [-0.3, -0.25) is 5.10 Å². The summed E-state index contributed by atoms with van der Waals surface area (Å²) in [6, 6.07) is 1.66. The highest BCUT2D eigenvalue weighted by molar-refractivity contribution is 9.09. The second-order valence-corrected chi connectivity index (χ2v) is 6.11. The van der Waals surface area contributed by atoms with Crippen molar-refractivity contribution >= 4 is 26.0 Å². The van der Waals surface area contributed by atoms with Crippen molar-refractivity contribution in [2.45, 2.75) is 23.9 Å². The zero-order chi connectivity index (χ0) is 10.9. The predicted octanol–water partition coefficient (Wildman–Crippen LogP) is 0.958. The molecule has 0 aromatic carbocycles. The van der Waals surface area contributed by atoms with E-state index in [0.29, 0.717) is 11.9 Å². The highest BCUT2D eigenvalue weighted by atomic mass is 79.9. The summed E-state index contributed by atoms with van der Waals surface area (Å²) in [6.45, 7) is 0.506. The molecule has 1 aromatic rings. The molecule has 0 unspecified atom stereocenters. The lowest BCUT2D eigenvalue weighted by Crippen LogP contribution is -2.34. The molecule has 1 N–H and O–H groups in total. The van der Waals surface area contributed by atoms with Crippen molar-refractivity contribution in [2.24, 2.45) is 0 Å². The lowest BCUT2D eigenvalue weighted by molar-refractivity contribution is 0.422. The van der Waals surface area contributed by atoms with Gasteiger partial charge in [0.2, 0.25) is 0 Å². The molecule has 0 radical (unpaired) electrons. The Morgan fingerprint density at radius 1 is 1.60 bits per heavy atom. The van der Waals surface area contributed by atoms with Gasteiger partial charge in [-0.25, -0.2) is 8.42 Å². The van der Waals surface area contributed by atoms with Crippen LogP contribution in [0.3, 0.4) is 0 Å². The van der Waals surface area contributed by atoms with E-state index in [2.05, 4.69) is 26.1 Å². The third-order valence-corrected chi connectivity index (χ3v) is 4.56. The van der Waals surface area contributed by atoms with E-state index in [4.69, 9.17) is 0 Å². The van der Waals surface area contributed by atoms with Crippen LogP contribution in [-0.2, 0) is 10.0 Å². The first-order valence-electron chi connectivity index (χ1n) is 4.73. The van der Waals surface area contributed by atoms with Crippen molar-refractivity contribution in [1.82, 2.24) is 14.5 Å². The fraction of sp³-hybridized carbons (Fsp3) is 0.625. The molecule has 0 aliphatic heterocycles. The van der Waals surface area contributed by atoms with Crippen molar-refractivity contribution in [3.8, 4) is 0 Å². The molecule has 1 aliphatic carbocycles. The van der Waals surface area contributed by atoms with E-state index >= 15 is 0 Å². The molecule has 0 bridgehead atoms. The molecule has 0 amide bonds. The third-order valence-electron chi connectivity index (χ3n) is 2.32. The topological polar surface area (TPSA) is 66.1 Å². The molecule has 84 valence electrons. The maximum Gasteiger partial charge on any atom is 0.260 e. The van der Waals surface area contributed by atoms with Gasteiger partial charge in [-0.15, -0.1) is 0 Å². The normalized spacial score (nSPS) is 17.2. The summed E-state index contributed by atoms with van der Waals surface area (Å²) in [5.41, 5.74) is 0. The first kappa shape index (κ1) is 11.1. The Kier molecular flexibility index (Phi) is 3.13. The number of H-pyrrole nitrogens is 1. The van der Waals surface area contributed by atoms with E-state index in [0.717, 1.165) is 12.8 Å². The molecule has 1 heterocycles. The van der Waals surface area contributed by atoms with Crippen LogP contribution in [0.2, 0.25) is 0 Å².